The lowest BCUT2D eigenvalue weighted by Crippen LogP contribution is -2.46. The zero-order chi connectivity index (χ0) is 13.1. The smallest absolute Gasteiger partial charge is 0.249 e. The summed E-state index contributed by atoms with van der Waals surface area (Å²) in [7, 11) is 0. The predicted molar refractivity (Wildman–Crippen MR) is 76.8 cm³/mol. The molecule has 0 aliphatic carbocycles. The van der Waals surface area contributed by atoms with Gasteiger partial charge in [-0.05, 0) is 60.4 Å². The summed E-state index contributed by atoms with van der Waals surface area (Å²) >= 11 is 3.37. The maximum Gasteiger partial charge on any atom is 0.249 e. The highest BCUT2D eigenvalue weighted by molar-refractivity contribution is 9.10. The van der Waals surface area contributed by atoms with E-state index in [1.54, 1.807) is 6.07 Å². The zero-order valence-electron chi connectivity index (χ0n) is 10.4. The van der Waals surface area contributed by atoms with Gasteiger partial charge >= 0.3 is 0 Å². The van der Waals surface area contributed by atoms with Gasteiger partial charge in [0.25, 0.3) is 0 Å². The molecule has 1 amide bonds. The van der Waals surface area contributed by atoms with Crippen LogP contribution < -0.4 is 16.4 Å². The van der Waals surface area contributed by atoms with Crippen LogP contribution in [0.3, 0.4) is 0 Å². The van der Waals surface area contributed by atoms with Crippen molar-refractivity contribution in [3.05, 3.63) is 28.2 Å². The summed E-state index contributed by atoms with van der Waals surface area (Å²) in [5, 5.41) is 6.94. The molecule has 2 atom stereocenters. The van der Waals surface area contributed by atoms with Crippen LogP contribution in [0.1, 0.15) is 30.1 Å². The third kappa shape index (κ3) is 3.03. The van der Waals surface area contributed by atoms with Gasteiger partial charge in [0, 0.05) is 22.2 Å². The highest BCUT2D eigenvalue weighted by Crippen LogP contribution is 2.23. The van der Waals surface area contributed by atoms with E-state index in [2.05, 4.69) is 33.5 Å². The molecule has 1 aliphatic rings. The van der Waals surface area contributed by atoms with Crippen molar-refractivity contribution in [3.8, 4) is 0 Å². The summed E-state index contributed by atoms with van der Waals surface area (Å²) in [6.07, 6.45) is 2.34. The number of carbonyl (C=O) groups is 1. The monoisotopic (exact) mass is 311 g/mol. The summed E-state index contributed by atoms with van der Waals surface area (Å²) in [4.78, 5) is 11.1. The van der Waals surface area contributed by atoms with Crippen LogP contribution in [0.5, 0.6) is 0 Å². The molecule has 1 aromatic rings. The zero-order valence-corrected chi connectivity index (χ0v) is 12.0. The Hall–Kier alpha value is -1.07. The Labute approximate surface area is 115 Å². The predicted octanol–water partition coefficient (Wildman–Crippen LogP) is 2.10. The lowest BCUT2D eigenvalue weighted by molar-refractivity contribution is 0.0999. The minimum absolute atomic E-state index is 0.416. The molecular formula is C13H18BrN3O. The van der Waals surface area contributed by atoms with Gasteiger partial charge in [-0.1, -0.05) is 0 Å². The van der Waals surface area contributed by atoms with Gasteiger partial charge in [-0.25, -0.2) is 0 Å². The molecule has 5 heteroatoms. The van der Waals surface area contributed by atoms with Gasteiger partial charge in [0.1, 0.15) is 0 Å². The average Bonchev–Trinajstić information content (AvgIpc) is 2.32. The number of amides is 1. The van der Waals surface area contributed by atoms with Crippen LogP contribution in [-0.4, -0.2) is 24.5 Å². The third-order valence-electron chi connectivity index (χ3n) is 3.35. The first kappa shape index (κ1) is 13.4. The van der Waals surface area contributed by atoms with Gasteiger partial charge in [0.15, 0.2) is 0 Å². The summed E-state index contributed by atoms with van der Waals surface area (Å²) in [5.74, 6) is -0.416. The molecule has 98 valence electrons. The van der Waals surface area contributed by atoms with Crippen molar-refractivity contribution in [1.29, 1.82) is 0 Å². The Morgan fingerprint density at radius 3 is 2.94 bits per heavy atom. The Balaban J connectivity index is 2.10. The number of primary amides is 1. The molecule has 4 N–H and O–H groups in total. The normalized spacial score (nSPS) is 23.7. The molecule has 0 bridgehead atoms. The number of halogens is 1. The minimum atomic E-state index is -0.416. The first-order valence-electron chi connectivity index (χ1n) is 6.17. The molecule has 0 spiro atoms. The highest BCUT2D eigenvalue weighted by Gasteiger charge is 2.20. The molecule has 4 nitrogen and oxygen atoms in total. The van der Waals surface area contributed by atoms with Gasteiger partial charge in [-0.2, -0.15) is 0 Å². The second-order valence-corrected chi connectivity index (χ2v) is 5.55. The quantitative estimate of drug-likeness (QED) is 0.801. The van der Waals surface area contributed by atoms with Crippen LogP contribution in [0.15, 0.2) is 22.7 Å². The number of benzene rings is 1. The fraction of sp³-hybridized carbons (Fsp3) is 0.462. The fourth-order valence-corrected chi connectivity index (χ4v) is 2.83. The van der Waals surface area contributed by atoms with Gasteiger partial charge in [0.2, 0.25) is 5.91 Å². The molecule has 0 saturated carbocycles. The summed E-state index contributed by atoms with van der Waals surface area (Å²) in [6, 6.07) is 6.42. The van der Waals surface area contributed by atoms with Gasteiger partial charge < -0.3 is 16.4 Å². The number of hydrogen-bond acceptors (Lipinski definition) is 3. The molecule has 1 fully saturated rings. The molecule has 2 unspecified atom stereocenters. The molecule has 1 aliphatic heterocycles. The number of hydrogen-bond donors (Lipinski definition) is 3. The van der Waals surface area contributed by atoms with Crippen molar-refractivity contribution in [2.45, 2.75) is 31.8 Å². The van der Waals surface area contributed by atoms with E-state index in [1.165, 1.54) is 6.42 Å². The van der Waals surface area contributed by atoms with E-state index in [4.69, 9.17) is 5.73 Å². The molecule has 18 heavy (non-hydrogen) atoms. The second-order valence-electron chi connectivity index (χ2n) is 4.69. The highest BCUT2D eigenvalue weighted by atomic mass is 79.9. The number of rotatable bonds is 3. The first-order valence-corrected chi connectivity index (χ1v) is 6.96. The summed E-state index contributed by atoms with van der Waals surface area (Å²) in [6.45, 7) is 3.27. The number of piperidine rings is 1. The van der Waals surface area contributed by atoms with Crippen molar-refractivity contribution in [3.63, 3.8) is 0 Å². The standard InChI is InChI=1S/C13H18BrN3O/c1-8-12(3-2-6-16-8)17-9-4-5-10(13(15)18)11(14)7-9/h4-5,7-8,12,16-17H,2-3,6H2,1H3,(H2,15,18). The molecule has 0 aromatic heterocycles. The van der Waals surface area contributed by atoms with E-state index in [0.717, 1.165) is 23.1 Å². The summed E-state index contributed by atoms with van der Waals surface area (Å²) < 4.78 is 0.733. The van der Waals surface area contributed by atoms with Crippen molar-refractivity contribution in [2.75, 3.05) is 11.9 Å². The number of nitrogens with two attached hydrogens (primary N) is 1. The summed E-state index contributed by atoms with van der Waals surface area (Å²) in [5.41, 5.74) is 6.79. The first-order chi connectivity index (χ1) is 8.58. The third-order valence-corrected chi connectivity index (χ3v) is 4.00. The van der Waals surface area contributed by atoms with E-state index in [-0.39, 0.29) is 0 Å². The van der Waals surface area contributed by atoms with E-state index < -0.39 is 5.91 Å². The molecule has 0 radical (unpaired) electrons. The lowest BCUT2D eigenvalue weighted by atomic mass is 9.99. The topological polar surface area (TPSA) is 67.2 Å². The van der Waals surface area contributed by atoms with Crippen LogP contribution in [0, 0.1) is 0 Å². The maximum absolute atomic E-state index is 11.1. The molecule has 1 saturated heterocycles. The second kappa shape index (κ2) is 5.71. The Morgan fingerprint density at radius 1 is 1.56 bits per heavy atom. The van der Waals surface area contributed by atoms with Gasteiger partial charge in [0.05, 0.1) is 5.56 Å². The Morgan fingerprint density at radius 2 is 2.33 bits per heavy atom. The largest absolute Gasteiger partial charge is 0.381 e. The number of nitrogens with one attached hydrogen (secondary N) is 2. The van der Waals surface area contributed by atoms with Gasteiger partial charge in [-0.15, -0.1) is 0 Å². The van der Waals surface area contributed by atoms with Crippen molar-refractivity contribution < 1.29 is 4.79 Å². The van der Waals surface area contributed by atoms with E-state index >= 15 is 0 Å². The van der Waals surface area contributed by atoms with E-state index in [0.29, 0.717) is 17.6 Å². The van der Waals surface area contributed by atoms with Crippen molar-refractivity contribution >= 4 is 27.5 Å². The maximum atomic E-state index is 11.1. The van der Waals surface area contributed by atoms with E-state index in [1.807, 2.05) is 12.1 Å². The Kier molecular flexibility index (Phi) is 4.24. The van der Waals surface area contributed by atoms with Crippen LogP contribution >= 0.6 is 15.9 Å². The fourth-order valence-electron chi connectivity index (χ4n) is 2.26. The van der Waals surface area contributed by atoms with Crippen molar-refractivity contribution in [1.82, 2.24) is 5.32 Å². The van der Waals surface area contributed by atoms with E-state index in [9.17, 15) is 4.79 Å². The SMILES string of the molecule is CC1NCCCC1Nc1ccc(C(N)=O)c(Br)c1. The lowest BCUT2D eigenvalue weighted by Gasteiger charge is -2.31. The number of anilines is 1. The average molecular weight is 312 g/mol. The van der Waals surface area contributed by atoms with Crippen LogP contribution in [-0.2, 0) is 0 Å². The van der Waals surface area contributed by atoms with Crippen molar-refractivity contribution in [2.24, 2.45) is 5.73 Å². The molecule has 1 heterocycles. The van der Waals surface area contributed by atoms with Crippen LogP contribution in [0.4, 0.5) is 5.69 Å². The minimum Gasteiger partial charge on any atom is -0.381 e. The molecular weight excluding hydrogens is 294 g/mol. The van der Waals surface area contributed by atoms with Crippen LogP contribution in [0.25, 0.3) is 0 Å². The molecule has 1 aromatic carbocycles. The van der Waals surface area contributed by atoms with Gasteiger partial charge in [-0.3, -0.25) is 4.79 Å². The Bertz CT molecular complexity index is 450. The number of carbonyl (C=O) groups excluding carboxylic acids is 1. The molecule has 2 rings (SSSR count). The van der Waals surface area contributed by atoms with Crippen LogP contribution in [0.2, 0.25) is 0 Å².